The topological polar surface area (TPSA) is 37.8 Å². The molecule has 21 heavy (non-hydrogen) atoms. The largest absolute Gasteiger partial charge is 0.310 e. The van der Waals surface area contributed by atoms with Gasteiger partial charge in [0.2, 0.25) is 0 Å². The second kappa shape index (κ2) is 6.81. The van der Waals surface area contributed by atoms with Crippen LogP contribution in [0.5, 0.6) is 0 Å². The molecule has 1 aliphatic carbocycles. The lowest BCUT2D eigenvalue weighted by molar-refractivity contribution is 0.488. The third-order valence-corrected chi connectivity index (χ3v) is 4.10. The molecule has 1 aliphatic rings. The van der Waals surface area contributed by atoms with Gasteiger partial charge < -0.3 is 5.32 Å². The van der Waals surface area contributed by atoms with Crippen molar-refractivity contribution < 1.29 is 0 Å². The van der Waals surface area contributed by atoms with Crippen LogP contribution in [0.3, 0.4) is 0 Å². The normalized spacial score (nSPS) is 18.0. The number of nitrogens with one attached hydrogen (secondary N) is 1. The van der Waals surface area contributed by atoms with Crippen molar-refractivity contribution in [2.45, 2.75) is 45.1 Å². The average molecular weight is 281 g/mol. The fourth-order valence-electron chi connectivity index (χ4n) is 2.97. The highest BCUT2D eigenvalue weighted by Gasteiger charge is 2.20. The van der Waals surface area contributed by atoms with Gasteiger partial charge in [-0.25, -0.2) is 9.97 Å². The molecule has 1 aromatic carbocycles. The van der Waals surface area contributed by atoms with Gasteiger partial charge in [0.05, 0.1) is 0 Å². The predicted octanol–water partition coefficient (Wildman–Crippen LogP) is 3.91. The van der Waals surface area contributed by atoms with Crippen LogP contribution < -0.4 is 5.32 Å². The zero-order valence-corrected chi connectivity index (χ0v) is 12.7. The summed E-state index contributed by atoms with van der Waals surface area (Å²) >= 11 is 0. The van der Waals surface area contributed by atoms with E-state index in [4.69, 9.17) is 4.98 Å². The fraction of sp³-hybridized carbons (Fsp3) is 0.444. The van der Waals surface area contributed by atoms with Crippen LogP contribution in [-0.2, 0) is 6.42 Å². The Balaban J connectivity index is 1.92. The van der Waals surface area contributed by atoms with Gasteiger partial charge in [0.1, 0.15) is 0 Å². The van der Waals surface area contributed by atoms with E-state index in [1.807, 2.05) is 24.4 Å². The summed E-state index contributed by atoms with van der Waals surface area (Å²) in [6, 6.07) is 10.7. The van der Waals surface area contributed by atoms with Gasteiger partial charge in [-0.2, -0.15) is 0 Å². The van der Waals surface area contributed by atoms with Crippen LogP contribution in [0, 0.1) is 0 Å². The molecule has 0 saturated carbocycles. The summed E-state index contributed by atoms with van der Waals surface area (Å²) in [5.41, 5.74) is 3.64. The molecule has 0 bridgehead atoms. The van der Waals surface area contributed by atoms with Crippen LogP contribution in [0.25, 0.3) is 11.4 Å². The maximum Gasteiger partial charge on any atom is 0.159 e. The number of benzene rings is 1. The minimum Gasteiger partial charge on any atom is -0.310 e. The van der Waals surface area contributed by atoms with Crippen molar-refractivity contribution in [2.75, 3.05) is 6.54 Å². The van der Waals surface area contributed by atoms with E-state index < -0.39 is 0 Å². The highest BCUT2D eigenvalue weighted by molar-refractivity contribution is 5.54. The molecule has 110 valence electrons. The van der Waals surface area contributed by atoms with Crippen LogP contribution in [0.15, 0.2) is 36.5 Å². The van der Waals surface area contributed by atoms with Gasteiger partial charge in [0.15, 0.2) is 5.82 Å². The number of aromatic nitrogens is 2. The van der Waals surface area contributed by atoms with Crippen LogP contribution in [-0.4, -0.2) is 16.5 Å². The zero-order chi connectivity index (χ0) is 14.5. The van der Waals surface area contributed by atoms with E-state index in [-0.39, 0.29) is 0 Å². The Labute approximate surface area is 126 Å². The number of hydrogen-bond acceptors (Lipinski definition) is 3. The molecule has 0 spiro atoms. The molecule has 0 amide bonds. The predicted molar refractivity (Wildman–Crippen MR) is 86.1 cm³/mol. The monoisotopic (exact) mass is 281 g/mol. The van der Waals surface area contributed by atoms with Crippen molar-refractivity contribution in [3.8, 4) is 11.4 Å². The van der Waals surface area contributed by atoms with Crippen molar-refractivity contribution in [1.29, 1.82) is 0 Å². The van der Waals surface area contributed by atoms with Gasteiger partial charge in [-0.1, -0.05) is 43.7 Å². The zero-order valence-electron chi connectivity index (χ0n) is 12.7. The lowest BCUT2D eigenvalue weighted by Gasteiger charge is -2.18. The first-order chi connectivity index (χ1) is 10.4. The van der Waals surface area contributed by atoms with Crippen molar-refractivity contribution in [2.24, 2.45) is 0 Å². The molecule has 0 radical (unpaired) electrons. The number of fused-ring (bicyclic) bond motifs is 1. The standard InChI is InChI=1S/C18H23N3/c1-2-12-19-16-10-6-7-11-17-15(16)13-20-18(21-17)14-8-4-3-5-9-14/h3-5,8-9,13,16,19H,2,6-7,10-12H2,1H3. The minimum absolute atomic E-state index is 0.423. The van der Waals surface area contributed by atoms with Gasteiger partial charge in [0.25, 0.3) is 0 Å². The molecule has 1 aromatic heterocycles. The van der Waals surface area contributed by atoms with Gasteiger partial charge in [-0.3, -0.25) is 0 Å². The minimum atomic E-state index is 0.423. The molecule has 1 N–H and O–H groups in total. The van der Waals surface area contributed by atoms with E-state index in [0.29, 0.717) is 6.04 Å². The smallest absolute Gasteiger partial charge is 0.159 e. The average Bonchev–Trinajstić information content (AvgIpc) is 2.75. The Hall–Kier alpha value is -1.74. The van der Waals surface area contributed by atoms with Crippen molar-refractivity contribution in [1.82, 2.24) is 15.3 Å². The van der Waals surface area contributed by atoms with Crippen LogP contribution in [0.1, 0.15) is 49.9 Å². The van der Waals surface area contributed by atoms with Gasteiger partial charge >= 0.3 is 0 Å². The summed E-state index contributed by atoms with van der Waals surface area (Å²) in [6.45, 7) is 3.27. The molecule has 1 unspecified atom stereocenters. The second-order valence-electron chi connectivity index (χ2n) is 5.71. The Kier molecular flexibility index (Phi) is 4.61. The summed E-state index contributed by atoms with van der Waals surface area (Å²) in [4.78, 5) is 9.46. The van der Waals surface area contributed by atoms with E-state index in [9.17, 15) is 0 Å². The quantitative estimate of drug-likeness (QED) is 0.863. The van der Waals surface area contributed by atoms with E-state index in [1.165, 1.54) is 30.5 Å². The SMILES string of the molecule is CCCNC1CCCCc2nc(-c3ccccc3)ncc21. The highest BCUT2D eigenvalue weighted by atomic mass is 14.9. The van der Waals surface area contributed by atoms with Crippen LogP contribution >= 0.6 is 0 Å². The molecule has 0 saturated heterocycles. The lowest BCUT2D eigenvalue weighted by Crippen LogP contribution is -2.23. The van der Waals surface area contributed by atoms with E-state index in [1.54, 1.807) is 0 Å². The summed E-state index contributed by atoms with van der Waals surface area (Å²) in [6.07, 6.45) is 7.96. The van der Waals surface area contributed by atoms with Gasteiger partial charge in [0, 0.05) is 29.1 Å². The molecule has 1 atom stereocenters. The number of hydrogen-bond donors (Lipinski definition) is 1. The van der Waals surface area contributed by atoms with Crippen LogP contribution in [0.4, 0.5) is 0 Å². The fourth-order valence-corrected chi connectivity index (χ4v) is 2.97. The van der Waals surface area contributed by atoms with Crippen LogP contribution in [0.2, 0.25) is 0 Å². The lowest BCUT2D eigenvalue weighted by atomic mass is 10.0. The second-order valence-corrected chi connectivity index (χ2v) is 5.71. The van der Waals surface area contributed by atoms with Gasteiger partial charge in [-0.05, 0) is 32.2 Å². The van der Waals surface area contributed by atoms with Crippen molar-refractivity contribution >= 4 is 0 Å². The summed E-state index contributed by atoms with van der Waals surface area (Å²) in [5.74, 6) is 0.852. The maximum absolute atomic E-state index is 4.85. The summed E-state index contributed by atoms with van der Waals surface area (Å²) < 4.78 is 0. The first kappa shape index (κ1) is 14.2. The molecule has 0 aliphatic heterocycles. The summed E-state index contributed by atoms with van der Waals surface area (Å²) in [7, 11) is 0. The maximum atomic E-state index is 4.85. The number of rotatable bonds is 4. The third kappa shape index (κ3) is 3.30. The van der Waals surface area contributed by atoms with Crippen molar-refractivity contribution in [3.63, 3.8) is 0 Å². The van der Waals surface area contributed by atoms with E-state index in [0.717, 1.165) is 30.8 Å². The van der Waals surface area contributed by atoms with E-state index in [2.05, 4.69) is 29.4 Å². The summed E-state index contributed by atoms with van der Waals surface area (Å²) in [5, 5.41) is 3.65. The Morgan fingerprint density at radius 2 is 2.05 bits per heavy atom. The molecular weight excluding hydrogens is 258 g/mol. The Morgan fingerprint density at radius 3 is 2.86 bits per heavy atom. The molecular formula is C18H23N3. The first-order valence-corrected chi connectivity index (χ1v) is 8.03. The van der Waals surface area contributed by atoms with Gasteiger partial charge in [-0.15, -0.1) is 0 Å². The molecule has 2 aromatic rings. The molecule has 0 fully saturated rings. The molecule has 1 heterocycles. The van der Waals surface area contributed by atoms with Crippen molar-refractivity contribution in [3.05, 3.63) is 47.8 Å². The first-order valence-electron chi connectivity index (χ1n) is 8.03. The Bertz CT molecular complexity index is 580. The van der Waals surface area contributed by atoms with E-state index >= 15 is 0 Å². The third-order valence-electron chi connectivity index (χ3n) is 4.10. The number of aryl methyl sites for hydroxylation is 1. The highest BCUT2D eigenvalue weighted by Crippen LogP contribution is 2.28. The molecule has 3 rings (SSSR count). The molecule has 3 nitrogen and oxygen atoms in total. The number of nitrogens with zero attached hydrogens (tertiary/aromatic N) is 2. The molecule has 3 heteroatoms. The Morgan fingerprint density at radius 1 is 1.19 bits per heavy atom.